The van der Waals surface area contributed by atoms with Crippen molar-refractivity contribution in [1.29, 1.82) is 0 Å². The van der Waals surface area contributed by atoms with Crippen molar-refractivity contribution in [2.45, 2.75) is 25.5 Å². The highest BCUT2D eigenvalue weighted by Crippen LogP contribution is 2.48. The fourth-order valence-electron chi connectivity index (χ4n) is 4.76. The minimum Gasteiger partial charge on any atom is -0.441 e. The summed E-state index contributed by atoms with van der Waals surface area (Å²) in [5.74, 6) is 2.09. The molecule has 0 aromatic heterocycles. The number of ether oxygens (including phenoxy) is 1. The van der Waals surface area contributed by atoms with Crippen LogP contribution >= 0.6 is 11.8 Å². The first-order valence-electron chi connectivity index (χ1n) is 11.0. The van der Waals surface area contributed by atoms with Crippen LogP contribution < -0.4 is 0 Å². The number of cyclic esters (lactones) is 1. The molecule has 0 aliphatic carbocycles. The average molecular weight is 430 g/mol. The molecule has 0 bridgehead atoms. The summed E-state index contributed by atoms with van der Waals surface area (Å²) < 4.78 is 6.33. The minimum atomic E-state index is -0.916. The van der Waals surface area contributed by atoms with Crippen LogP contribution in [0, 0.1) is 0 Å². The molecular formula is C27H27NO2S. The molecule has 0 saturated carbocycles. The zero-order valence-corrected chi connectivity index (χ0v) is 18.7. The van der Waals surface area contributed by atoms with E-state index in [0.717, 1.165) is 42.7 Å². The molecule has 1 saturated heterocycles. The summed E-state index contributed by atoms with van der Waals surface area (Å²) in [5, 5.41) is 0. The van der Waals surface area contributed by atoms with Gasteiger partial charge in [-0.1, -0.05) is 73.7 Å². The lowest BCUT2D eigenvalue weighted by Crippen LogP contribution is -2.35. The molecule has 5 rings (SSSR count). The van der Waals surface area contributed by atoms with Gasteiger partial charge in [0.1, 0.15) is 0 Å². The van der Waals surface area contributed by atoms with Gasteiger partial charge in [0.05, 0.1) is 5.56 Å². The number of carbonyl (C=O) groups excluding carboxylic acids is 1. The van der Waals surface area contributed by atoms with Crippen LogP contribution in [0.1, 0.15) is 45.1 Å². The number of aryl methyl sites for hydroxylation is 1. The van der Waals surface area contributed by atoms with E-state index in [1.54, 1.807) is 0 Å². The molecule has 31 heavy (non-hydrogen) atoms. The summed E-state index contributed by atoms with van der Waals surface area (Å²) in [4.78, 5) is 15.5. The molecule has 3 aromatic carbocycles. The van der Waals surface area contributed by atoms with Crippen LogP contribution in [-0.4, -0.2) is 35.5 Å². The van der Waals surface area contributed by atoms with Crippen molar-refractivity contribution in [3.05, 3.63) is 106 Å². The molecule has 4 heteroatoms. The molecule has 1 atom stereocenters. The third-order valence-electron chi connectivity index (χ3n) is 6.44. The van der Waals surface area contributed by atoms with Gasteiger partial charge in [-0.2, -0.15) is 11.8 Å². The fourth-order valence-corrected chi connectivity index (χ4v) is 5.74. The number of benzene rings is 3. The first-order chi connectivity index (χ1) is 15.2. The molecule has 0 spiro atoms. The van der Waals surface area contributed by atoms with E-state index >= 15 is 0 Å². The highest BCUT2D eigenvalue weighted by Gasteiger charge is 2.49. The maximum absolute atomic E-state index is 13.0. The monoisotopic (exact) mass is 429 g/mol. The molecule has 2 aliphatic heterocycles. The van der Waals surface area contributed by atoms with Gasteiger partial charge in [-0.05, 0) is 23.6 Å². The van der Waals surface area contributed by atoms with Crippen LogP contribution in [0.5, 0.6) is 0 Å². The number of fused-ring (bicyclic) bond motifs is 1. The van der Waals surface area contributed by atoms with E-state index in [-0.39, 0.29) is 5.97 Å². The van der Waals surface area contributed by atoms with E-state index in [2.05, 4.69) is 60.4 Å². The van der Waals surface area contributed by atoms with Crippen molar-refractivity contribution in [3.8, 4) is 0 Å². The van der Waals surface area contributed by atoms with Gasteiger partial charge in [0.15, 0.2) is 5.60 Å². The van der Waals surface area contributed by atoms with Crippen LogP contribution in [0.25, 0.3) is 0 Å². The second kappa shape index (κ2) is 8.52. The molecule has 2 aliphatic rings. The molecule has 158 valence electrons. The first-order valence-corrected chi connectivity index (χ1v) is 12.2. The quantitative estimate of drug-likeness (QED) is 0.518. The van der Waals surface area contributed by atoms with E-state index in [9.17, 15) is 4.79 Å². The topological polar surface area (TPSA) is 29.5 Å². The van der Waals surface area contributed by atoms with Crippen molar-refractivity contribution in [2.75, 3.05) is 24.6 Å². The van der Waals surface area contributed by atoms with Gasteiger partial charge < -0.3 is 4.74 Å². The van der Waals surface area contributed by atoms with Gasteiger partial charge >= 0.3 is 5.97 Å². The van der Waals surface area contributed by atoms with Crippen molar-refractivity contribution in [2.24, 2.45) is 0 Å². The second-order valence-electron chi connectivity index (χ2n) is 8.21. The van der Waals surface area contributed by atoms with Gasteiger partial charge in [0.2, 0.25) is 0 Å². The lowest BCUT2D eigenvalue weighted by Gasteiger charge is -2.34. The van der Waals surface area contributed by atoms with Gasteiger partial charge in [-0.15, -0.1) is 0 Å². The summed E-state index contributed by atoms with van der Waals surface area (Å²) in [6, 6.07) is 24.9. The van der Waals surface area contributed by atoms with Crippen LogP contribution in [0.3, 0.4) is 0 Å². The van der Waals surface area contributed by atoms with E-state index < -0.39 is 5.60 Å². The Morgan fingerprint density at radius 1 is 0.903 bits per heavy atom. The molecule has 0 radical (unpaired) electrons. The SMILES string of the molecule is CCc1ccc(C2(c3ccccc3CN3CCSCC3)OC(=O)c3ccccc32)cc1. The number of hydrogen-bond donors (Lipinski definition) is 0. The Hall–Kier alpha value is -2.56. The van der Waals surface area contributed by atoms with E-state index in [1.165, 1.54) is 22.6 Å². The molecule has 3 nitrogen and oxygen atoms in total. The Morgan fingerprint density at radius 3 is 2.32 bits per heavy atom. The van der Waals surface area contributed by atoms with E-state index in [0.29, 0.717) is 5.56 Å². The normalized spacial score (nSPS) is 21.0. The number of esters is 1. The molecule has 2 heterocycles. The van der Waals surface area contributed by atoms with Gasteiger partial charge in [-0.25, -0.2) is 4.79 Å². The van der Waals surface area contributed by atoms with E-state index in [4.69, 9.17) is 4.74 Å². The van der Waals surface area contributed by atoms with Gasteiger partial charge in [0, 0.05) is 47.8 Å². The highest BCUT2D eigenvalue weighted by molar-refractivity contribution is 7.99. The Labute approximate surface area is 188 Å². The number of carbonyl (C=O) groups is 1. The fraction of sp³-hybridized carbons (Fsp3) is 0.296. The summed E-state index contributed by atoms with van der Waals surface area (Å²) in [6.07, 6.45) is 0.979. The van der Waals surface area contributed by atoms with Crippen LogP contribution in [-0.2, 0) is 23.3 Å². The summed E-state index contributed by atoms with van der Waals surface area (Å²) in [5.41, 5.74) is 5.24. The van der Waals surface area contributed by atoms with Gasteiger partial charge in [-0.3, -0.25) is 4.90 Å². The number of rotatable bonds is 5. The van der Waals surface area contributed by atoms with Crippen LogP contribution in [0.2, 0.25) is 0 Å². The lowest BCUT2D eigenvalue weighted by atomic mass is 9.77. The maximum Gasteiger partial charge on any atom is 0.340 e. The molecule has 1 unspecified atom stereocenters. The molecule has 0 N–H and O–H groups in total. The van der Waals surface area contributed by atoms with Crippen molar-refractivity contribution < 1.29 is 9.53 Å². The van der Waals surface area contributed by atoms with Crippen molar-refractivity contribution in [1.82, 2.24) is 4.90 Å². The standard InChI is InChI=1S/C27H27NO2S/c1-2-20-11-13-22(14-12-20)27(25-10-6-4-8-23(25)26(29)30-27)24-9-5-3-7-21(24)19-28-15-17-31-18-16-28/h3-14H,2,15-19H2,1H3. The van der Waals surface area contributed by atoms with E-state index in [1.807, 2.05) is 36.0 Å². The third kappa shape index (κ3) is 3.58. The Kier molecular flexibility index (Phi) is 5.59. The van der Waals surface area contributed by atoms with Crippen LogP contribution in [0.15, 0.2) is 72.8 Å². The number of nitrogens with zero attached hydrogens (tertiary/aromatic N) is 1. The first kappa shape index (κ1) is 20.3. The molecular weight excluding hydrogens is 402 g/mol. The minimum absolute atomic E-state index is 0.251. The maximum atomic E-state index is 13.0. The molecule has 3 aromatic rings. The lowest BCUT2D eigenvalue weighted by molar-refractivity contribution is 0.0247. The van der Waals surface area contributed by atoms with Crippen molar-refractivity contribution in [3.63, 3.8) is 0 Å². The average Bonchev–Trinajstić information content (AvgIpc) is 3.13. The Morgan fingerprint density at radius 2 is 1.58 bits per heavy atom. The number of thioether (sulfide) groups is 1. The third-order valence-corrected chi connectivity index (χ3v) is 7.38. The zero-order valence-electron chi connectivity index (χ0n) is 17.8. The molecule has 1 fully saturated rings. The Balaban J connectivity index is 1.69. The predicted octanol–water partition coefficient (Wildman–Crippen LogP) is 5.26. The predicted molar refractivity (Wildman–Crippen MR) is 127 cm³/mol. The summed E-state index contributed by atoms with van der Waals surface area (Å²) in [6.45, 7) is 5.20. The highest BCUT2D eigenvalue weighted by atomic mass is 32.2. The Bertz CT molecular complexity index is 1090. The largest absolute Gasteiger partial charge is 0.441 e. The van der Waals surface area contributed by atoms with Crippen molar-refractivity contribution >= 4 is 17.7 Å². The zero-order chi connectivity index (χ0) is 21.3. The smallest absolute Gasteiger partial charge is 0.340 e. The number of hydrogen-bond acceptors (Lipinski definition) is 4. The molecule has 0 amide bonds. The summed E-state index contributed by atoms with van der Waals surface area (Å²) in [7, 11) is 0. The second-order valence-corrected chi connectivity index (χ2v) is 9.44. The van der Waals surface area contributed by atoms with Crippen LogP contribution in [0.4, 0.5) is 0 Å². The summed E-state index contributed by atoms with van der Waals surface area (Å²) >= 11 is 2.02. The van der Waals surface area contributed by atoms with Gasteiger partial charge in [0.25, 0.3) is 0 Å².